The molecule has 5 heteroatoms. The van der Waals surface area contributed by atoms with Crippen molar-refractivity contribution in [2.75, 3.05) is 0 Å². The fraction of sp³-hybridized carbons (Fsp3) is 0.714. The average molecular weight is 396 g/mol. The zero-order valence-corrected chi connectivity index (χ0v) is 18.2. The van der Waals surface area contributed by atoms with E-state index in [2.05, 4.69) is 6.92 Å². The predicted molar refractivity (Wildman–Crippen MR) is 97.9 cm³/mol. The van der Waals surface area contributed by atoms with Gasteiger partial charge < -0.3 is 0 Å². The number of hydrogen-bond donors (Lipinski definition) is 0. The van der Waals surface area contributed by atoms with Gasteiger partial charge in [0.1, 0.15) is 0 Å². The molecule has 0 bridgehead atoms. The first-order valence-electron chi connectivity index (χ1n) is 10.3. The molecule has 2 unspecified atom stereocenters. The van der Waals surface area contributed by atoms with E-state index in [1.165, 1.54) is 36.8 Å². The van der Waals surface area contributed by atoms with Crippen LogP contribution in [-0.4, -0.2) is 11.9 Å². The van der Waals surface area contributed by atoms with Crippen LogP contribution in [0.4, 0.5) is 0 Å². The van der Waals surface area contributed by atoms with Crippen molar-refractivity contribution in [1.82, 2.24) is 0 Å². The van der Waals surface area contributed by atoms with E-state index in [0.717, 1.165) is 19.3 Å². The molecule has 3 rings (SSSR count). The Kier molecular flexibility index (Phi) is 6.13. The Morgan fingerprint density at radius 2 is 1.54 bits per heavy atom. The molecule has 0 aliphatic heterocycles. The van der Waals surface area contributed by atoms with Gasteiger partial charge in [-0.05, 0) is 0 Å². The molecule has 0 N–H and O–H groups in total. The predicted octanol–water partition coefficient (Wildman–Crippen LogP) is 5.71. The molecule has 0 spiro atoms. The summed E-state index contributed by atoms with van der Waals surface area (Å²) in [6.07, 6.45) is 8.82. The van der Waals surface area contributed by atoms with Crippen LogP contribution in [0.15, 0.2) is 22.3 Å². The van der Waals surface area contributed by atoms with Crippen LogP contribution >= 0.6 is 0 Å². The molecule has 4 nitrogen and oxygen atoms in total. The van der Waals surface area contributed by atoms with Crippen molar-refractivity contribution in [3.8, 4) is 0 Å². The summed E-state index contributed by atoms with van der Waals surface area (Å²) in [5, 5.41) is 1.98. The third kappa shape index (κ3) is 3.60. The summed E-state index contributed by atoms with van der Waals surface area (Å²) in [7, 11) is 0. The molecule has 0 radical (unpaired) electrons. The van der Waals surface area contributed by atoms with Crippen LogP contribution < -0.4 is 0 Å². The van der Waals surface area contributed by atoms with E-state index < -0.39 is 17.4 Å². The second kappa shape index (κ2) is 8.02. The Bertz CT molecular complexity index is 643. The number of allylic oxidation sites excluding steroid dienone is 4. The van der Waals surface area contributed by atoms with E-state index in [0.29, 0.717) is 18.8 Å². The van der Waals surface area contributed by atoms with Gasteiger partial charge in [0, 0.05) is 0 Å². The van der Waals surface area contributed by atoms with Crippen molar-refractivity contribution in [1.29, 1.82) is 0 Å². The second-order valence-electron chi connectivity index (χ2n) is 7.98. The summed E-state index contributed by atoms with van der Waals surface area (Å²) in [6.45, 7) is 5.92. The molecule has 3 aliphatic rings. The summed E-state index contributed by atoms with van der Waals surface area (Å²) in [5.74, 6) is -0.0313. The van der Waals surface area contributed by atoms with E-state index in [4.69, 9.17) is 6.64 Å². The minimum absolute atomic E-state index is 0.144. The van der Waals surface area contributed by atoms with Gasteiger partial charge in [-0.15, -0.1) is 0 Å². The summed E-state index contributed by atoms with van der Waals surface area (Å²) < 4.78 is 12.1. The molecule has 144 valence electrons. The Hall–Kier alpha value is -0.866. The van der Waals surface area contributed by atoms with Crippen molar-refractivity contribution in [2.45, 2.75) is 88.0 Å². The third-order valence-electron chi connectivity index (χ3n) is 6.35. The molecule has 0 amide bonds. The molecular weight excluding hydrogens is 364 g/mol. The van der Waals surface area contributed by atoms with Gasteiger partial charge in [0.15, 0.2) is 0 Å². The molecule has 0 saturated heterocycles. The van der Waals surface area contributed by atoms with Crippen molar-refractivity contribution in [3.05, 3.63) is 22.3 Å². The van der Waals surface area contributed by atoms with Crippen LogP contribution in [0.3, 0.4) is 0 Å². The maximum absolute atomic E-state index is 12.2. The van der Waals surface area contributed by atoms with Crippen molar-refractivity contribution < 1.29 is 33.6 Å². The molecule has 0 saturated carbocycles. The molecule has 2 atom stereocenters. The average Bonchev–Trinajstić information content (AvgIpc) is 2.94. The quantitative estimate of drug-likeness (QED) is 0.558. The summed E-state index contributed by atoms with van der Waals surface area (Å²) in [4.78, 5) is 24.3. The SMILES string of the molecule is CCC(=O)[O][Ti]([CH3])([O]C(=O)CC)[CH]1CCCC2=C1C(C)C1=C2CCCC1. The van der Waals surface area contributed by atoms with E-state index in [9.17, 15) is 9.59 Å². The first kappa shape index (κ1) is 19.9. The van der Waals surface area contributed by atoms with Gasteiger partial charge >= 0.3 is 162 Å². The van der Waals surface area contributed by atoms with E-state index in [1.807, 2.05) is 5.23 Å². The Morgan fingerprint density at radius 1 is 0.962 bits per heavy atom. The van der Waals surface area contributed by atoms with Gasteiger partial charge in [0.05, 0.1) is 0 Å². The number of hydrogen-bond acceptors (Lipinski definition) is 4. The normalized spacial score (nSPS) is 25.7. The standard InChI is InChI=1S/C14H19.2C3H6O2.CH3.Ti/c1-10-11-6-2-4-8-13(11)14-9-5-3-7-12(10)14;2*1-2-3(4)5;;/h6,10H,2-5,7-9H2,1H3;2*2H2,1H3,(H,4,5);1H3;/q;;;;+2/p-2. The van der Waals surface area contributed by atoms with Crippen molar-refractivity contribution in [3.63, 3.8) is 0 Å². The maximum atomic E-state index is 12.2. The molecule has 26 heavy (non-hydrogen) atoms. The van der Waals surface area contributed by atoms with Crippen LogP contribution in [-0.2, 0) is 33.6 Å². The first-order chi connectivity index (χ1) is 12.4. The number of carbonyl (C=O) groups is 2. The minimum atomic E-state index is -3.62. The Morgan fingerprint density at radius 3 is 2.15 bits per heavy atom. The van der Waals surface area contributed by atoms with Crippen LogP contribution in [0.5, 0.6) is 0 Å². The van der Waals surface area contributed by atoms with Gasteiger partial charge in [-0.2, -0.15) is 0 Å². The van der Waals surface area contributed by atoms with Crippen LogP contribution in [0.2, 0.25) is 9.45 Å². The van der Waals surface area contributed by atoms with E-state index >= 15 is 0 Å². The van der Waals surface area contributed by atoms with E-state index in [-0.39, 0.29) is 16.2 Å². The van der Waals surface area contributed by atoms with Gasteiger partial charge in [0.25, 0.3) is 0 Å². The molecule has 0 fully saturated rings. The van der Waals surface area contributed by atoms with Gasteiger partial charge in [-0.25, -0.2) is 0 Å². The van der Waals surface area contributed by atoms with E-state index in [1.54, 1.807) is 25.0 Å². The fourth-order valence-electron chi connectivity index (χ4n) is 5.12. The van der Waals surface area contributed by atoms with Gasteiger partial charge in [0.2, 0.25) is 0 Å². The van der Waals surface area contributed by atoms with Crippen LogP contribution in [0.25, 0.3) is 0 Å². The summed E-state index contributed by atoms with van der Waals surface area (Å²) >= 11 is -3.62. The monoisotopic (exact) mass is 396 g/mol. The fourth-order valence-corrected chi connectivity index (χ4v) is 10.2. The zero-order valence-electron chi connectivity index (χ0n) is 16.7. The molecule has 0 heterocycles. The number of carbonyl (C=O) groups excluding carboxylic acids is 2. The van der Waals surface area contributed by atoms with Crippen LogP contribution in [0, 0.1) is 5.92 Å². The molecule has 0 aromatic heterocycles. The topological polar surface area (TPSA) is 52.6 Å². The van der Waals surface area contributed by atoms with Crippen LogP contribution in [0.1, 0.15) is 78.6 Å². The van der Waals surface area contributed by atoms with Gasteiger partial charge in [-0.3, -0.25) is 0 Å². The molecule has 0 aromatic carbocycles. The van der Waals surface area contributed by atoms with Crippen molar-refractivity contribution >= 4 is 11.9 Å². The Labute approximate surface area is 161 Å². The number of fused-ring (bicyclic) bond motifs is 1. The zero-order chi connectivity index (χ0) is 18.9. The summed E-state index contributed by atoms with van der Waals surface area (Å²) in [6, 6.07) is 0. The Balaban J connectivity index is 1.97. The molecular formula is C21H32O4Ti. The van der Waals surface area contributed by atoms with Gasteiger partial charge in [-0.1, -0.05) is 0 Å². The number of rotatable bonds is 5. The molecule has 3 aliphatic carbocycles. The van der Waals surface area contributed by atoms with Crippen molar-refractivity contribution in [2.24, 2.45) is 5.92 Å². The second-order valence-corrected chi connectivity index (χ2v) is 12.9. The third-order valence-corrected chi connectivity index (χ3v) is 11.2. The summed E-state index contributed by atoms with van der Waals surface area (Å²) in [5.41, 5.74) is 6.19. The molecule has 0 aromatic rings. The first-order valence-corrected chi connectivity index (χ1v) is 14.0.